The lowest BCUT2D eigenvalue weighted by atomic mass is 10.0. The summed E-state index contributed by atoms with van der Waals surface area (Å²) >= 11 is 0. The fraction of sp³-hybridized carbons (Fsp3) is 0.562. The molecule has 0 saturated carbocycles. The molecular formula is C16H24N2O3. The SMILES string of the molecule is COC1C=CC=C(C2=CCNCC2)N1C(=O)OC(C)(C)C. The van der Waals surface area contributed by atoms with E-state index in [1.165, 1.54) is 0 Å². The largest absolute Gasteiger partial charge is 0.443 e. The monoisotopic (exact) mass is 292 g/mol. The van der Waals surface area contributed by atoms with E-state index < -0.39 is 11.8 Å². The summed E-state index contributed by atoms with van der Waals surface area (Å²) in [5, 5.41) is 3.27. The maximum absolute atomic E-state index is 12.5. The Labute approximate surface area is 126 Å². The molecule has 0 aromatic heterocycles. The number of nitrogens with zero attached hydrogens (tertiary/aromatic N) is 1. The first kappa shape index (κ1) is 15.8. The molecule has 5 heteroatoms. The van der Waals surface area contributed by atoms with Gasteiger partial charge in [-0.25, -0.2) is 9.69 Å². The van der Waals surface area contributed by atoms with Gasteiger partial charge in [-0.15, -0.1) is 0 Å². The van der Waals surface area contributed by atoms with E-state index in [9.17, 15) is 4.79 Å². The maximum atomic E-state index is 12.5. The molecule has 0 aromatic rings. The number of amides is 1. The predicted octanol–water partition coefficient (Wildman–Crippen LogP) is 2.57. The Morgan fingerprint density at radius 3 is 2.76 bits per heavy atom. The molecule has 5 nitrogen and oxygen atoms in total. The van der Waals surface area contributed by atoms with E-state index in [-0.39, 0.29) is 6.09 Å². The van der Waals surface area contributed by atoms with Crippen LogP contribution in [0.15, 0.2) is 35.6 Å². The zero-order valence-corrected chi connectivity index (χ0v) is 13.2. The van der Waals surface area contributed by atoms with Gasteiger partial charge in [-0.2, -0.15) is 0 Å². The number of hydrogen-bond acceptors (Lipinski definition) is 4. The molecular weight excluding hydrogens is 268 g/mol. The highest BCUT2D eigenvalue weighted by Crippen LogP contribution is 2.28. The highest BCUT2D eigenvalue weighted by Gasteiger charge is 2.32. The third kappa shape index (κ3) is 3.95. The van der Waals surface area contributed by atoms with Crippen molar-refractivity contribution in [3.63, 3.8) is 0 Å². The topological polar surface area (TPSA) is 50.8 Å². The number of nitrogens with one attached hydrogen (secondary N) is 1. The van der Waals surface area contributed by atoms with Crippen LogP contribution in [-0.2, 0) is 9.47 Å². The molecule has 21 heavy (non-hydrogen) atoms. The van der Waals surface area contributed by atoms with E-state index in [2.05, 4.69) is 11.4 Å². The van der Waals surface area contributed by atoms with Crippen LogP contribution < -0.4 is 5.32 Å². The lowest BCUT2D eigenvalue weighted by Gasteiger charge is -2.35. The Balaban J connectivity index is 2.27. The third-order valence-electron chi connectivity index (χ3n) is 3.27. The molecule has 0 radical (unpaired) electrons. The van der Waals surface area contributed by atoms with Crippen LogP contribution in [0.2, 0.25) is 0 Å². The van der Waals surface area contributed by atoms with Gasteiger partial charge in [-0.05, 0) is 51.5 Å². The number of methoxy groups -OCH3 is 1. The van der Waals surface area contributed by atoms with Crippen LogP contribution in [0.3, 0.4) is 0 Å². The van der Waals surface area contributed by atoms with Gasteiger partial charge in [0, 0.05) is 13.7 Å². The molecule has 0 bridgehead atoms. The molecule has 0 fully saturated rings. The Hall–Kier alpha value is -1.59. The van der Waals surface area contributed by atoms with Gasteiger partial charge in [0.2, 0.25) is 0 Å². The van der Waals surface area contributed by atoms with Gasteiger partial charge in [0.1, 0.15) is 5.60 Å². The van der Waals surface area contributed by atoms with Crippen LogP contribution in [0.1, 0.15) is 27.2 Å². The summed E-state index contributed by atoms with van der Waals surface area (Å²) in [4.78, 5) is 14.1. The number of allylic oxidation sites excluding steroid dienone is 3. The number of rotatable bonds is 2. The highest BCUT2D eigenvalue weighted by molar-refractivity contribution is 5.73. The molecule has 116 valence electrons. The Morgan fingerprint density at radius 2 is 2.19 bits per heavy atom. The number of ether oxygens (including phenoxy) is 2. The van der Waals surface area contributed by atoms with Gasteiger partial charge in [0.05, 0.1) is 5.70 Å². The molecule has 1 amide bonds. The van der Waals surface area contributed by atoms with Crippen molar-refractivity contribution in [3.05, 3.63) is 35.6 Å². The number of carbonyl (C=O) groups is 1. The second kappa shape index (κ2) is 6.45. The average Bonchev–Trinajstić information content (AvgIpc) is 2.45. The summed E-state index contributed by atoms with van der Waals surface area (Å²) in [6.07, 6.45) is 7.88. The summed E-state index contributed by atoms with van der Waals surface area (Å²) in [6, 6.07) is 0. The second-order valence-corrected chi connectivity index (χ2v) is 6.10. The Kier molecular flexibility index (Phi) is 4.85. The summed E-state index contributed by atoms with van der Waals surface area (Å²) in [5.74, 6) is 0. The van der Waals surface area contributed by atoms with Crippen LogP contribution in [0, 0.1) is 0 Å². The zero-order valence-electron chi connectivity index (χ0n) is 13.2. The smallest absolute Gasteiger partial charge is 0.417 e. The fourth-order valence-corrected chi connectivity index (χ4v) is 2.36. The minimum absolute atomic E-state index is 0.385. The normalized spacial score (nSPS) is 22.7. The molecule has 1 unspecified atom stereocenters. The van der Waals surface area contributed by atoms with Crippen molar-refractivity contribution in [2.75, 3.05) is 20.2 Å². The quantitative estimate of drug-likeness (QED) is 0.850. The first-order chi connectivity index (χ1) is 9.92. The lowest BCUT2D eigenvalue weighted by molar-refractivity contribution is -0.0161. The van der Waals surface area contributed by atoms with Crippen molar-refractivity contribution >= 4 is 6.09 Å². The van der Waals surface area contributed by atoms with Crippen LogP contribution in [0.25, 0.3) is 0 Å². The molecule has 2 heterocycles. The minimum atomic E-state index is -0.538. The summed E-state index contributed by atoms with van der Waals surface area (Å²) < 4.78 is 10.9. The van der Waals surface area contributed by atoms with Gasteiger partial charge in [-0.1, -0.05) is 12.2 Å². The first-order valence-electron chi connectivity index (χ1n) is 7.26. The summed E-state index contributed by atoms with van der Waals surface area (Å²) in [7, 11) is 1.59. The van der Waals surface area contributed by atoms with E-state index in [1.54, 1.807) is 12.0 Å². The molecule has 1 atom stereocenters. The molecule has 1 N–H and O–H groups in total. The van der Waals surface area contributed by atoms with E-state index in [1.807, 2.05) is 39.0 Å². The van der Waals surface area contributed by atoms with Crippen molar-refractivity contribution in [2.45, 2.75) is 39.0 Å². The van der Waals surface area contributed by atoms with Gasteiger partial charge < -0.3 is 14.8 Å². The van der Waals surface area contributed by atoms with Gasteiger partial charge >= 0.3 is 6.09 Å². The van der Waals surface area contributed by atoms with Crippen LogP contribution in [0.4, 0.5) is 4.79 Å². The Morgan fingerprint density at radius 1 is 1.43 bits per heavy atom. The average molecular weight is 292 g/mol. The van der Waals surface area contributed by atoms with E-state index in [0.29, 0.717) is 0 Å². The van der Waals surface area contributed by atoms with Gasteiger partial charge in [-0.3, -0.25) is 0 Å². The minimum Gasteiger partial charge on any atom is -0.443 e. The van der Waals surface area contributed by atoms with Crippen molar-refractivity contribution in [1.29, 1.82) is 0 Å². The molecule has 0 saturated heterocycles. The number of carbonyl (C=O) groups excluding carboxylic acids is 1. The molecule has 2 aliphatic heterocycles. The van der Waals surface area contributed by atoms with Gasteiger partial charge in [0.15, 0.2) is 6.23 Å². The molecule has 2 rings (SSSR count). The van der Waals surface area contributed by atoms with Crippen LogP contribution >= 0.6 is 0 Å². The van der Waals surface area contributed by atoms with Crippen LogP contribution in [0.5, 0.6) is 0 Å². The maximum Gasteiger partial charge on any atom is 0.417 e. The van der Waals surface area contributed by atoms with Crippen molar-refractivity contribution in [1.82, 2.24) is 10.2 Å². The van der Waals surface area contributed by atoms with E-state index in [0.717, 1.165) is 30.8 Å². The molecule has 0 aromatic carbocycles. The molecule has 2 aliphatic rings. The Bertz CT molecular complexity index is 486. The first-order valence-corrected chi connectivity index (χ1v) is 7.26. The predicted molar refractivity (Wildman–Crippen MR) is 81.7 cm³/mol. The summed E-state index contributed by atoms with van der Waals surface area (Å²) in [6.45, 7) is 7.31. The highest BCUT2D eigenvalue weighted by atomic mass is 16.6. The lowest BCUT2D eigenvalue weighted by Crippen LogP contribution is -2.44. The van der Waals surface area contributed by atoms with E-state index in [4.69, 9.17) is 9.47 Å². The zero-order chi connectivity index (χ0) is 15.5. The second-order valence-electron chi connectivity index (χ2n) is 6.10. The van der Waals surface area contributed by atoms with Crippen molar-refractivity contribution in [3.8, 4) is 0 Å². The summed E-state index contributed by atoms with van der Waals surface area (Å²) in [5.41, 5.74) is 1.47. The fourth-order valence-electron chi connectivity index (χ4n) is 2.36. The van der Waals surface area contributed by atoms with Crippen molar-refractivity contribution in [2.24, 2.45) is 0 Å². The molecule has 0 aliphatic carbocycles. The molecule has 0 spiro atoms. The number of hydrogen-bond donors (Lipinski definition) is 1. The van der Waals surface area contributed by atoms with Gasteiger partial charge in [0.25, 0.3) is 0 Å². The van der Waals surface area contributed by atoms with Crippen LogP contribution in [-0.4, -0.2) is 43.0 Å². The standard InChI is InChI=1S/C16H24N2O3/c1-16(2,3)21-15(19)18-13(6-5-7-14(18)20-4)12-8-10-17-11-9-12/h5-8,14,17H,9-11H2,1-4H3. The van der Waals surface area contributed by atoms with E-state index >= 15 is 0 Å². The third-order valence-corrected chi connectivity index (χ3v) is 3.27. The van der Waals surface area contributed by atoms with Crippen molar-refractivity contribution < 1.29 is 14.3 Å².